The van der Waals surface area contributed by atoms with Gasteiger partial charge in [0.25, 0.3) is 10.0 Å². The van der Waals surface area contributed by atoms with Crippen LogP contribution in [0.2, 0.25) is 0 Å². The van der Waals surface area contributed by atoms with Gasteiger partial charge in [-0.25, -0.2) is 8.42 Å². The number of amidine groups is 1. The average molecular weight is 438 g/mol. The molecule has 0 bridgehead atoms. The Kier molecular flexibility index (Phi) is 5.25. The van der Waals surface area contributed by atoms with Crippen LogP contribution in [0.5, 0.6) is 11.5 Å². The van der Waals surface area contributed by atoms with Crippen LogP contribution in [0.3, 0.4) is 0 Å². The SMILES string of the molecule is Cc1cc(Oc2ccc(C3CCCN4CCS(=O)(=O)N=C34)cc2)ccc1C(F)(F)F. The molecule has 2 aliphatic heterocycles. The number of fused-ring (bicyclic) bond motifs is 1. The van der Waals surface area contributed by atoms with Gasteiger partial charge < -0.3 is 9.64 Å². The molecule has 0 spiro atoms. The molecule has 1 saturated heterocycles. The van der Waals surface area contributed by atoms with E-state index in [0.29, 0.717) is 23.9 Å². The van der Waals surface area contributed by atoms with Gasteiger partial charge >= 0.3 is 6.18 Å². The first-order valence-corrected chi connectivity index (χ1v) is 11.3. The van der Waals surface area contributed by atoms with E-state index in [-0.39, 0.29) is 17.2 Å². The highest BCUT2D eigenvalue weighted by Crippen LogP contribution is 2.35. The van der Waals surface area contributed by atoms with Gasteiger partial charge in [0.1, 0.15) is 17.3 Å². The van der Waals surface area contributed by atoms with Crippen molar-refractivity contribution in [1.82, 2.24) is 4.90 Å². The zero-order valence-corrected chi connectivity index (χ0v) is 17.1. The third-order valence-corrected chi connectivity index (χ3v) is 6.59. The first-order chi connectivity index (χ1) is 14.1. The van der Waals surface area contributed by atoms with Crippen molar-refractivity contribution in [2.24, 2.45) is 4.40 Å². The quantitative estimate of drug-likeness (QED) is 0.695. The van der Waals surface area contributed by atoms with E-state index in [0.717, 1.165) is 31.0 Å². The summed E-state index contributed by atoms with van der Waals surface area (Å²) in [7, 11) is -3.42. The van der Waals surface area contributed by atoms with Gasteiger partial charge in [0.05, 0.1) is 11.3 Å². The lowest BCUT2D eigenvalue weighted by atomic mass is 9.89. The number of hydrogen-bond acceptors (Lipinski definition) is 4. The molecule has 2 aromatic rings. The van der Waals surface area contributed by atoms with Gasteiger partial charge in [-0.1, -0.05) is 12.1 Å². The highest BCUT2D eigenvalue weighted by atomic mass is 32.2. The molecular formula is C21H21F3N2O3S. The van der Waals surface area contributed by atoms with Gasteiger partial charge in [-0.15, -0.1) is 4.40 Å². The van der Waals surface area contributed by atoms with Crippen LogP contribution in [0.4, 0.5) is 13.2 Å². The number of ether oxygens (including phenoxy) is 1. The highest BCUT2D eigenvalue weighted by Gasteiger charge is 2.34. The Morgan fingerprint density at radius 3 is 2.43 bits per heavy atom. The maximum Gasteiger partial charge on any atom is 0.416 e. The number of halogens is 3. The van der Waals surface area contributed by atoms with Crippen LogP contribution >= 0.6 is 0 Å². The molecule has 0 aromatic heterocycles. The van der Waals surface area contributed by atoms with Gasteiger partial charge in [-0.2, -0.15) is 13.2 Å². The van der Waals surface area contributed by atoms with Crippen LogP contribution in [0.1, 0.15) is 35.4 Å². The molecule has 0 aliphatic carbocycles. The lowest BCUT2D eigenvalue weighted by Gasteiger charge is -2.37. The summed E-state index contributed by atoms with van der Waals surface area (Å²) in [5.74, 6) is 1.35. The van der Waals surface area contributed by atoms with Gasteiger partial charge in [0.2, 0.25) is 0 Å². The number of aryl methyl sites for hydroxylation is 1. The van der Waals surface area contributed by atoms with Gasteiger partial charge in [-0.3, -0.25) is 0 Å². The Labute approximate surface area is 173 Å². The fourth-order valence-corrected chi connectivity index (χ4v) is 5.02. The molecule has 2 aromatic carbocycles. The first-order valence-electron chi connectivity index (χ1n) is 9.65. The molecule has 0 radical (unpaired) electrons. The van der Waals surface area contributed by atoms with Crippen molar-refractivity contribution in [3.63, 3.8) is 0 Å². The minimum absolute atomic E-state index is 0.0442. The van der Waals surface area contributed by atoms with Crippen molar-refractivity contribution < 1.29 is 26.3 Å². The molecule has 1 atom stereocenters. The predicted octanol–water partition coefficient (Wildman–Crippen LogP) is 4.73. The topological polar surface area (TPSA) is 59.0 Å². The lowest BCUT2D eigenvalue weighted by molar-refractivity contribution is -0.138. The summed E-state index contributed by atoms with van der Waals surface area (Å²) in [5, 5.41) is 0. The average Bonchev–Trinajstić information content (AvgIpc) is 2.67. The zero-order chi connectivity index (χ0) is 21.5. The van der Waals surface area contributed by atoms with Crippen LogP contribution in [-0.4, -0.2) is 38.0 Å². The van der Waals surface area contributed by atoms with Crippen LogP contribution in [0, 0.1) is 6.92 Å². The number of benzene rings is 2. The molecule has 9 heteroatoms. The molecule has 0 amide bonds. The third kappa shape index (κ3) is 4.30. The Balaban J connectivity index is 1.53. The molecule has 2 heterocycles. The monoisotopic (exact) mass is 438 g/mol. The molecule has 30 heavy (non-hydrogen) atoms. The molecule has 160 valence electrons. The Morgan fingerprint density at radius 2 is 1.77 bits per heavy atom. The summed E-state index contributed by atoms with van der Waals surface area (Å²) >= 11 is 0. The summed E-state index contributed by atoms with van der Waals surface area (Å²) in [6, 6.07) is 10.8. The van der Waals surface area contributed by atoms with E-state index in [2.05, 4.69) is 4.40 Å². The van der Waals surface area contributed by atoms with E-state index >= 15 is 0 Å². The standard InChI is InChI=1S/C21H21F3N2O3S/c1-14-13-17(8-9-19(14)21(22,23)24)29-16-6-4-15(5-7-16)18-3-2-10-26-11-12-30(27,28)25-20(18)26/h4-9,13,18H,2-3,10-12H2,1H3. The second-order valence-electron chi connectivity index (χ2n) is 7.56. The highest BCUT2D eigenvalue weighted by molar-refractivity contribution is 7.90. The van der Waals surface area contributed by atoms with Crippen molar-refractivity contribution in [2.45, 2.75) is 31.9 Å². The van der Waals surface area contributed by atoms with E-state index in [1.54, 1.807) is 12.1 Å². The number of rotatable bonds is 3. The van der Waals surface area contributed by atoms with Crippen LogP contribution in [-0.2, 0) is 16.2 Å². The van der Waals surface area contributed by atoms with E-state index in [4.69, 9.17) is 4.74 Å². The van der Waals surface area contributed by atoms with Gasteiger partial charge in [0, 0.05) is 19.0 Å². The molecule has 4 rings (SSSR count). The molecule has 0 N–H and O–H groups in total. The first kappa shape index (κ1) is 20.7. The predicted molar refractivity (Wildman–Crippen MR) is 107 cm³/mol. The van der Waals surface area contributed by atoms with Crippen LogP contribution < -0.4 is 4.74 Å². The Bertz CT molecular complexity index is 1080. The van der Waals surface area contributed by atoms with E-state index in [9.17, 15) is 21.6 Å². The van der Waals surface area contributed by atoms with Crippen molar-refractivity contribution in [3.05, 3.63) is 59.2 Å². The maximum atomic E-state index is 12.9. The van der Waals surface area contributed by atoms with Crippen molar-refractivity contribution in [2.75, 3.05) is 18.8 Å². The van der Waals surface area contributed by atoms with Gasteiger partial charge in [0.15, 0.2) is 0 Å². The largest absolute Gasteiger partial charge is 0.457 e. The number of nitrogens with zero attached hydrogens (tertiary/aromatic N) is 2. The molecule has 1 fully saturated rings. The summed E-state index contributed by atoms with van der Waals surface area (Å²) in [4.78, 5) is 2.03. The second kappa shape index (κ2) is 7.61. The Hall–Kier alpha value is -2.55. The normalized spacial score (nSPS) is 21.0. The minimum atomic E-state index is -4.40. The molecule has 5 nitrogen and oxygen atoms in total. The van der Waals surface area contributed by atoms with Crippen molar-refractivity contribution >= 4 is 15.9 Å². The maximum absolute atomic E-state index is 12.9. The third-order valence-electron chi connectivity index (χ3n) is 5.43. The summed E-state index contributed by atoms with van der Waals surface area (Å²) in [6.07, 6.45) is -2.64. The number of piperidine rings is 1. The molecule has 2 aliphatic rings. The van der Waals surface area contributed by atoms with Crippen LogP contribution in [0.25, 0.3) is 0 Å². The summed E-state index contributed by atoms with van der Waals surface area (Å²) < 4.78 is 72.3. The second-order valence-corrected chi connectivity index (χ2v) is 9.32. The molecule has 0 saturated carbocycles. The van der Waals surface area contributed by atoms with Crippen LogP contribution in [0.15, 0.2) is 46.9 Å². The van der Waals surface area contributed by atoms with Crippen molar-refractivity contribution in [1.29, 1.82) is 0 Å². The Morgan fingerprint density at radius 1 is 1.07 bits per heavy atom. The summed E-state index contributed by atoms with van der Waals surface area (Å²) in [5.41, 5.74) is 0.345. The molecular weight excluding hydrogens is 417 g/mol. The van der Waals surface area contributed by atoms with E-state index in [1.807, 2.05) is 17.0 Å². The smallest absolute Gasteiger partial charge is 0.416 e. The number of alkyl halides is 3. The zero-order valence-electron chi connectivity index (χ0n) is 16.3. The number of sulfonamides is 1. The summed E-state index contributed by atoms with van der Waals surface area (Å²) in [6.45, 7) is 2.66. The van der Waals surface area contributed by atoms with Crippen molar-refractivity contribution in [3.8, 4) is 11.5 Å². The minimum Gasteiger partial charge on any atom is -0.457 e. The number of hydrogen-bond donors (Lipinski definition) is 0. The van der Waals surface area contributed by atoms with Gasteiger partial charge in [-0.05, 0) is 61.2 Å². The van der Waals surface area contributed by atoms with E-state index in [1.165, 1.54) is 19.1 Å². The fourth-order valence-electron chi connectivity index (χ4n) is 3.95. The van der Waals surface area contributed by atoms with E-state index < -0.39 is 21.8 Å². The fraction of sp³-hybridized carbons (Fsp3) is 0.381. The molecule has 1 unspecified atom stereocenters. The lowest BCUT2D eigenvalue weighted by Crippen LogP contribution is -2.46.